The molecule has 1 N–H and O–H groups in total. The highest BCUT2D eigenvalue weighted by Gasteiger charge is 2.33. The molecule has 26 heavy (non-hydrogen) atoms. The predicted octanol–water partition coefficient (Wildman–Crippen LogP) is 1.10. The molecule has 9 nitrogen and oxygen atoms in total. The molecule has 5 rings (SSSR count). The summed E-state index contributed by atoms with van der Waals surface area (Å²) in [4.78, 5) is 19.2. The SMILES string of the molecule is O=C(c1ccc2[nH]ccc2c1)N1CC(n2cc(Cn3nccn3)nn2)C1. The molecule has 3 aromatic heterocycles. The van der Waals surface area contributed by atoms with Crippen LogP contribution in [0.2, 0.25) is 0 Å². The van der Waals surface area contributed by atoms with Crippen LogP contribution in [0.5, 0.6) is 0 Å². The Morgan fingerprint density at radius 3 is 2.88 bits per heavy atom. The lowest BCUT2D eigenvalue weighted by atomic mass is 10.1. The number of fused-ring (bicyclic) bond motifs is 1. The number of likely N-dealkylation sites (tertiary alicyclic amines) is 1. The van der Waals surface area contributed by atoms with E-state index in [1.165, 1.54) is 0 Å². The summed E-state index contributed by atoms with van der Waals surface area (Å²) in [5.74, 6) is 0.0467. The number of carbonyl (C=O) groups excluding carboxylic acids is 1. The fourth-order valence-corrected chi connectivity index (χ4v) is 3.19. The van der Waals surface area contributed by atoms with Gasteiger partial charge in [0.1, 0.15) is 12.2 Å². The predicted molar refractivity (Wildman–Crippen MR) is 92.4 cm³/mol. The Bertz CT molecular complexity index is 1060. The third-order valence-electron chi connectivity index (χ3n) is 4.65. The van der Waals surface area contributed by atoms with Crippen LogP contribution < -0.4 is 0 Å². The van der Waals surface area contributed by atoms with Crippen molar-refractivity contribution in [3.8, 4) is 0 Å². The number of nitrogens with one attached hydrogen (secondary N) is 1. The summed E-state index contributed by atoms with van der Waals surface area (Å²) in [5, 5.41) is 17.5. The van der Waals surface area contributed by atoms with Crippen molar-refractivity contribution in [2.24, 2.45) is 0 Å². The molecule has 0 radical (unpaired) electrons. The zero-order valence-electron chi connectivity index (χ0n) is 13.9. The van der Waals surface area contributed by atoms with E-state index in [0.29, 0.717) is 25.2 Å². The lowest BCUT2D eigenvalue weighted by molar-refractivity contribution is 0.0498. The van der Waals surface area contributed by atoms with Crippen LogP contribution in [0.25, 0.3) is 10.9 Å². The first-order valence-corrected chi connectivity index (χ1v) is 8.37. The quantitative estimate of drug-likeness (QED) is 0.595. The average molecular weight is 348 g/mol. The maximum atomic E-state index is 12.6. The number of nitrogens with zero attached hydrogens (tertiary/aromatic N) is 7. The van der Waals surface area contributed by atoms with Gasteiger partial charge in [0.05, 0.1) is 24.6 Å². The molecule has 0 spiro atoms. The minimum Gasteiger partial charge on any atom is -0.361 e. The molecule has 0 unspecified atom stereocenters. The number of carbonyl (C=O) groups is 1. The summed E-state index contributed by atoms with van der Waals surface area (Å²) in [7, 11) is 0. The summed E-state index contributed by atoms with van der Waals surface area (Å²) in [6.45, 7) is 1.75. The third kappa shape index (κ3) is 2.53. The van der Waals surface area contributed by atoms with Gasteiger partial charge in [0.25, 0.3) is 5.91 Å². The molecule has 0 saturated carbocycles. The molecule has 1 aliphatic heterocycles. The van der Waals surface area contributed by atoms with Gasteiger partial charge in [0, 0.05) is 35.8 Å². The van der Waals surface area contributed by atoms with Gasteiger partial charge in [-0.3, -0.25) is 4.79 Å². The van der Waals surface area contributed by atoms with Gasteiger partial charge in [-0.25, -0.2) is 4.68 Å². The van der Waals surface area contributed by atoms with Crippen LogP contribution in [0.3, 0.4) is 0 Å². The molecular weight excluding hydrogens is 332 g/mol. The van der Waals surface area contributed by atoms with E-state index in [9.17, 15) is 4.79 Å². The van der Waals surface area contributed by atoms with E-state index in [1.54, 1.807) is 17.2 Å². The largest absolute Gasteiger partial charge is 0.361 e. The van der Waals surface area contributed by atoms with Crippen molar-refractivity contribution in [2.45, 2.75) is 12.6 Å². The van der Waals surface area contributed by atoms with Crippen LogP contribution in [0, 0.1) is 0 Å². The van der Waals surface area contributed by atoms with Crippen molar-refractivity contribution in [2.75, 3.05) is 13.1 Å². The van der Waals surface area contributed by atoms with Crippen molar-refractivity contribution < 1.29 is 4.79 Å². The minimum atomic E-state index is 0.0467. The van der Waals surface area contributed by atoms with Crippen molar-refractivity contribution in [1.29, 1.82) is 0 Å². The van der Waals surface area contributed by atoms with Crippen LogP contribution >= 0.6 is 0 Å². The standard InChI is InChI=1S/C17H16N8O/c26-17(13-1-2-16-12(7-13)3-4-18-16)23-10-15(11-23)24-8-14(21-22-24)9-25-19-5-6-20-25/h1-8,15,18H,9-11H2. The van der Waals surface area contributed by atoms with Crippen molar-refractivity contribution in [1.82, 2.24) is 39.9 Å². The zero-order valence-corrected chi connectivity index (χ0v) is 13.9. The summed E-state index contributed by atoms with van der Waals surface area (Å²) in [6.07, 6.45) is 7.02. The van der Waals surface area contributed by atoms with Gasteiger partial charge in [-0.05, 0) is 24.3 Å². The smallest absolute Gasteiger partial charge is 0.254 e. The molecule has 130 valence electrons. The molecule has 0 bridgehead atoms. The molecule has 1 aliphatic rings. The second kappa shape index (κ2) is 5.80. The van der Waals surface area contributed by atoms with Gasteiger partial charge in [-0.1, -0.05) is 5.21 Å². The first-order valence-electron chi connectivity index (χ1n) is 8.37. The van der Waals surface area contributed by atoms with E-state index >= 15 is 0 Å². The Labute approximate surface area is 148 Å². The highest BCUT2D eigenvalue weighted by atomic mass is 16.2. The molecule has 0 aliphatic carbocycles. The molecule has 9 heteroatoms. The highest BCUT2D eigenvalue weighted by molar-refractivity contribution is 5.98. The van der Waals surface area contributed by atoms with Crippen molar-refractivity contribution in [3.63, 3.8) is 0 Å². The molecule has 1 saturated heterocycles. The van der Waals surface area contributed by atoms with Gasteiger partial charge >= 0.3 is 0 Å². The van der Waals surface area contributed by atoms with Gasteiger partial charge in [-0.15, -0.1) is 5.10 Å². The van der Waals surface area contributed by atoms with Crippen LogP contribution in [0.4, 0.5) is 0 Å². The molecule has 1 amide bonds. The fourth-order valence-electron chi connectivity index (χ4n) is 3.19. The normalized spacial score (nSPS) is 14.7. The second-order valence-corrected chi connectivity index (χ2v) is 6.39. The zero-order chi connectivity index (χ0) is 17.5. The molecule has 1 fully saturated rings. The second-order valence-electron chi connectivity index (χ2n) is 6.39. The number of H-pyrrole nitrogens is 1. The summed E-state index contributed by atoms with van der Waals surface area (Å²) < 4.78 is 1.82. The maximum absolute atomic E-state index is 12.6. The number of rotatable bonds is 4. The van der Waals surface area contributed by atoms with E-state index in [1.807, 2.05) is 46.2 Å². The van der Waals surface area contributed by atoms with Crippen molar-refractivity contribution >= 4 is 16.8 Å². The van der Waals surface area contributed by atoms with Gasteiger partial charge in [0.15, 0.2) is 0 Å². The summed E-state index contributed by atoms with van der Waals surface area (Å²) >= 11 is 0. The lowest BCUT2D eigenvalue weighted by Crippen LogP contribution is -2.50. The molecule has 0 atom stereocenters. The number of aromatic nitrogens is 7. The van der Waals surface area contributed by atoms with Crippen LogP contribution in [-0.4, -0.2) is 58.9 Å². The van der Waals surface area contributed by atoms with Crippen molar-refractivity contribution in [3.05, 3.63) is 60.3 Å². The Hall–Kier alpha value is -3.49. The Balaban J connectivity index is 1.24. The molecular formula is C17H16N8O. The van der Waals surface area contributed by atoms with Crippen LogP contribution in [0.1, 0.15) is 22.1 Å². The molecule has 4 heterocycles. The highest BCUT2D eigenvalue weighted by Crippen LogP contribution is 2.24. The topological polar surface area (TPSA) is 97.5 Å². The molecule has 1 aromatic carbocycles. The maximum Gasteiger partial charge on any atom is 0.254 e. The van der Waals surface area contributed by atoms with E-state index in [0.717, 1.165) is 16.6 Å². The minimum absolute atomic E-state index is 0.0467. The van der Waals surface area contributed by atoms with Gasteiger partial charge < -0.3 is 9.88 Å². The molecule has 4 aromatic rings. The average Bonchev–Trinajstić information content (AvgIpc) is 3.34. The van der Waals surface area contributed by atoms with E-state index in [4.69, 9.17) is 0 Å². The Morgan fingerprint density at radius 2 is 2.04 bits per heavy atom. The summed E-state index contributed by atoms with van der Waals surface area (Å²) in [6, 6.07) is 7.84. The number of amides is 1. The summed E-state index contributed by atoms with van der Waals surface area (Å²) in [5.41, 5.74) is 2.54. The lowest BCUT2D eigenvalue weighted by Gasteiger charge is -2.38. The van der Waals surface area contributed by atoms with Gasteiger partial charge in [0.2, 0.25) is 0 Å². The Kier molecular flexibility index (Phi) is 3.30. The first-order chi connectivity index (χ1) is 12.8. The van der Waals surface area contributed by atoms with E-state index < -0.39 is 0 Å². The van der Waals surface area contributed by atoms with Crippen LogP contribution in [-0.2, 0) is 6.54 Å². The van der Waals surface area contributed by atoms with E-state index in [-0.39, 0.29) is 11.9 Å². The number of benzene rings is 1. The van der Waals surface area contributed by atoms with Crippen LogP contribution in [0.15, 0.2) is 49.1 Å². The van der Waals surface area contributed by atoms with Gasteiger partial charge in [-0.2, -0.15) is 15.0 Å². The number of hydrogen-bond acceptors (Lipinski definition) is 5. The monoisotopic (exact) mass is 348 g/mol. The number of aromatic amines is 1. The third-order valence-corrected chi connectivity index (χ3v) is 4.65. The number of hydrogen-bond donors (Lipinski definition) is 1. The fraction of sp³-hybridized carbons (Fsp3) is 0.235. The first kappa shape index (κ1) is 14.8. The Morgan fingerprint density at radius 1 is 1.19 bits per heavy atom. The van der Waals surface area contributed by atoms with E-state index in [2.05, 4.69) is 25.5 Å².